The minimum Gasteiger partial charge on any atom is -0.383 e. The van der Waals surface area contributed by atoms with Crippen molar-refractivity contribution in [3.8, 4) is 0 Å². The van der Waals surface area contributed by atoms with Crippen molar-refractivity contribution in [2.45, 2.75) is 39.3 Å². The van der Waals surface area contributed by atoms with Crippen molar-refractivity contribution in [3.63, 3.8) is 0 Å². The molecule has 0 saturated carbocycles. The quantitative estimate of drug-likeness (QED) is 0.790. The molecule has 5 heteroatoms. The van der Waals surface area contributed by atoms with Gasteiger partial charge in [-0.2, -0.15) is 0 Å². The molecular formula is C13H24N4O. The standard InChI is InChI=1S/C13H24N4O/c1-5-17(11(3)9-18-4)13-15-7-12(8-16-13)6-10(2)14/h7-8,10-11H,5-6,9,14H2,1-4H3. The summed E-state index contributed by atoms with van der Waals surface area (Å²) in [6.07, 6.45) is 4.52. The number of anilines is 1. The lowest BCUT2D eigenvalue weighted by Crippen LogP contribution is -2.37. The van der Waals surface area contributed by atoms with Gasteiger partial charge in [0.1, 0.15) is 0 Å². The molecule has 2 N–H and O–H groups in total. The minimum absolute atomic E-state index is 0.133. The number of nitrogens with zero attached hydrogens (tertiary/aromatic N) is 3. The van der Waals surface area contributed by atoms with Crippen LogP contribution in [-0.2, 0) is 11.2 Å². The van der Waals surface area contributed by atoms with E-state index >= 15 is 0 Å². The third-order valence-corrected chi connectivity index (χ3v) is 2.79. The number of rotatable bonds is 7. The third kappa shape index (κ3) is 4.23. The summed E-state index contributed by atoms with van der Waals surface area (Å²) in [5, 5.41) is 0. The Morgan fingerprint density at radius 1 is 1.33 bits per heavy atom. The zero-order chi connectivity index (χ0) is 13.5. The van der Waals surface area contributed by atoms with Crippen molar-refractivity contribution in [2.24, 2.45) is 5.73 Å². The largest absolute Gasteiger partial charge is 0.383 e. The highest BCUT2D eigenvalue weighted by Crippen LogP contribution is 2.11. The molecule has 0 aliphatic carbocycles. The van der Waals surface area contributed by atoms with Gasteiger partial charge in [-0.3, -0.25) is 0 Å². The predicted molar refractivity (Wildman–Crippen MR) is 73.7 cm³/mol. The van der Waals surface area contributed by atoms with Crippen LogP contribution in [0.3, 0.4) is 0 Å². The van der Waals surface area contributed by atoms with E-state index in [9.17, 15) is 0 Å². The molecule has 0 fully saturated rings. The molecule has 0 aliphatic rings. The maximum Gasteiger partial charge on any atom is 0.225 e. The molecule has 102 valence electrons. The van der Waals surface area contributed by atoms with Crippen LogP contribution in [0.2, 0.25) is 0 Å². The van der Waals surface area contributed by atoms with Gasteiger partial charge in [0.15, 0.2) is 0 Å². The molecule has 1 rings (SSSR count). The number of hydrogen-bond acceptors (Lipinski definition) is 5. The molecule has 0 spiro atoms. The summed E-state index contributed by atoms with van der Waals surface area (Å²) >= 11 is 0. The number of hydrogen-bond donors (Lipinski definition) is 1. The van der Waals surface area contributed by atoms with Gasteiger partial charge in [-0.05, 0) is 32.8 Å². The number of ether oxygens (including phenoxy) is 1. The Morgan fingerprint density at radius 3 is 2.39 bits per heavy atom. The Labute approximate surface area is 109 Å². The van der Waals surface area contributed by atoms with Crippen LogP contribution in [0.15, 0.2) is 12.4 Å². The highest BCUT2D eigenvalue weighted by Gasteiger charge is 2.15. The van der Waals surface area contributed by atoms with Gasteiger partial charge in [-0.1, -0.05) is 0 Å². The van der Waals surface area contributed by atoms with Crippen molar-refractivity contribution in [1.82, 2.24) is 9.97 Å². The van der Waals surface area contributed by atoms with Crippen molar-refractivity contribution in [2.75, 3.05) is 25.2 Å². The van der Waals surface area contributed by atoms with Crippen LogP contribution >= 0.6 is 0 Å². The Kier molecular flexibility index (Phi) is 6.01. The van der Waals surface area contributed by atoms with Crippen LogP contribution < -0.4 is 10.6 Å². The van der Waals surface area contributed by atoms with E-state index in [1.54, 1.807) is 7.11 Å². The monoisotopic (exact) mass is 252 g/mol. The molecule has 0 bridgehead atoms. The molecule has 0 aromatic carbocycles. The van der Waals surface area contributed by atoms with Gasteiger partial charge < -0.3 is 15.4 Å². The van der Waals surface area contributed by atoms with E-state index in [0.29, 0.717) is 6.61 Å². The van der Waals surface area contributed by atoms with Gasteiger partial charge in [0.25, 0.3) is 0 Å². The van der Waals surface area contributed by atoms with E-state index in [4.69, 9.17) is 10.5 Å². The lowest BCUT2D eigenvalue weighted by Gasteiger charge is -2.27. The van der Waals surface area contributed by atoms with E-state index in [1.807, 2.05) is 19.3 Å². The normalized spacial score (nSPS) is 14.3. The molecule has 0 aliphatic heterocycles. The first-order valence-corrected chi connectivity index (χ1v) is 6.40. The second kappa shape index (κ2) is 7.28. The summed E-state index contributed by atoms with van der Waals surface area (Å²) in [5.41, 5.74) is 6.83. The van der Waals surface area contributed by atoms with Crippen LogP contribution in [0.25, 0.3) is 0 Å². The molecule has 1 aromatic rings. The summed E-state index contributed by atoms with van der Waals surface area (Å²) in [7, 11) is 1.71. The molecule has 0 amide bonds. The summed E-state index contributed by atoms with van der Waals surface area (Å²) < 4.78 is 5.17. The van der Waals surface area contributed by atoms with Gasteiger partial charge >= 0.3 is 0 Å². The van der Waals surface area contributed by atoms with Gasteiger partial charge in [0.2, 0.25) is 5.95 Å². The SMILES string of the molecule is CCN(c1ncc(CC(C)N)cn1)C(C)COC. The number of nitrogens with two attached hydrogens (primary N) is 1. The van der Waals surface area contributed by atoms with E-state index in [-0.39, 0.29) is 12.1 Å². The Bertz CT molecular complexity index is 339. The number of aromatic nitrogens is 2. The summed E-state index contributed by atoms with van der Waals surface area (Å²) in [6, 6.07) is 0.397. The smallest absolute Gasteiger partial charge is 0.225 e. The highest BCUT2D eigenvalue weighted by molar-refractivity contribution is 5.31. The van der Waals surface area contributed by atoms with Gasteiger partial charge in [-0.25, -0.2) is 9.97 Å². The van der Waals surface area contributed by atoms with Crippen LogP contribution in [-0.4, -0.2) is 42.3 Å². The van der Waals surface area contributed by atoms with Crippen LogP contribution in [0.5, 0.6) is 0 Å². The first-order valence-electron chi connectivity index (χ1n) is 6.40. The second-order valence-corrected chi connectivity index (χ2v) is 4.66. The summed E-state index contributed by atoms with van der Waals surface area (Å²) in [5.74, 6) is 0.746. The van der Waals surface area contributed by atoms with E-state index < -0.39 is 0 Å². The summed E-state index contributed by atoms with van der Waals surface area (Å²) in [4.78, 5) is 10.9. The molecule has 5 nitrogen and oxygen atoms in total. The predicted octanol–water partition coefficient (Wildman–Crippen LogP) is 1.23. The fraction of sp³-hybridized carbons (Fsp3) is 0.692. The third-order valence-electron chi connectivity index (χ3n) is 2.79. The molecule has 0 radical (unpaired) electrons. The Balaban J connectivity index is 2.75. The number of likely N-dealkylation sites (N-methyl/N-ethyl adjacent to an activating group) is 1. The van der Waals surface area contributed by atoms with Gasteiger partial charge in [0.05, 0.1) is 12.6 Å². The zero-order valence-electron chi connectivity index (χ0n) is 11.8. The molecular weight excluding hydrogens is 228 g/mol. The van der Waals surface area contributed by atoms with Crippen LogP contribution in [0, 0.1) is 0 Å². The molecule has 0 saturated heterocycles. The zero-order valence-corrected chi connectivity index (χ0v) is 11.8. The van der Waals surface area contributed by atoms with Gasteiger partial charge in [-0.15, -0.1) is 0 Å². The van der Waals surface area contributed by atoms with Crippen molar-refractivity contribution >= 4 is 5.95 Å². The fourth-order valence-electron chi connectivity index (χ4n) is 1.95. The first-order chi connectivity index (χ1) is 8.58. The first kappa shape index (κ1) is 14.9. The number of methoxy groups -OCH3 is 1. The molecule has 2 atom stereocenters. The second-order valence-electron chi connectivity index (χ2n) is 4.66. The van der Waals surface area contributed by atoms with E-state index in [1.165, 1.54) is 0 Å². The molecule has 1 heterocycles. The topological polar surface area (TPSA) is 64.3 Å². The maximum absolute atomic E-state index is 5.75. The van der Waals surface area contributed by atoms with Crippen molar-refractivity contribution < 1.29 is 4.74 Å². The van der Waals surface area contributed by atoms with Crippen LogP contribution in [0.4, 0.5) is 5.95 Å². The van der Waals surface area contributed by atoms with E-state index in [0.717, 1.165) is 24.5 Å². The lowest BCUT2D eigenvalue weighted by molar-refractivity contribution is 0.181. The van der Waals surface area contributed by atoms with Crippen molar-refractivity contribution in [3.05, 3.63) is 18.0 Å². The highest BCUT2D eigenvalue weighted by atomic mass is 16.5. The molecule has 2 unspecified atom stereocenters. The molecule has 1 aromatic heterocycles. The Hall–Kier alpha value is -1.20. The van der Waals surface area contributed by atoms with Gasteiger partial charge in [0, 0.05) is 32.1 Å². The average Bonchev–Trinajstić information content (AvgIpc) is 2.32. The van der Waals surface area contributed by atoms with E-state index in [2.05, 4.69) is 28.7 Å². The average molecular weight is 252 g/mol. The molecule has 18 heavy (non-hydrogen) atoms. The fourth-order valence-corrected chi connectivity index (χ4v) is 1.95. The maximum atomic E-state index is 5.75. The summed E-state index contributed by atoms with van der Waals surface area (Å²) in [6.45, 7) is 7.69. The lowest BCUT2D eigenvalue weighted by atomic mass is 10.1. The van der Waals surface area contributed by atoms with Crippen molar-refractivity contribution in [1.29, 1.82) is 0 Å². The minimum atomic E-state index is 0.133. The van der Waals surface area contributed by atoms with Crippen LogP contribution in [0.1, 0.15) is 26.3 Å². The Morgan fingerprint density at radius 2 is 1.94 bits per heavy atom.